The molecule has 2 N–H and O–H groups in total. The molecule has 1 aromatic heterocycles. The predicted octanol–water partition coefficient (Wildman–Crippen LogP) is 4.25. The predicted molar refractivity (Wildman–Crippen MR) is 75.7 cm³/mol. The van der Waals surface area contributed by atoms with Gasteiger partial charge >= 0.3 is 0 Å². The van der Waals surface area contributed by atoms with E-state index in [4.69, 9.17) is 17.3 Å². The minimum absolute atomic E-state index is 0.533. The summed E-state index contributed by atoms with van der Waals surface area (Å²) < 4.78 is 0. The molecule has 2 nitrogen and oxygen atoms in total. The Morgan fingerprint density at radius 2 is 2.06 bits per heavy atom. The molecule has 0 unspecified atom stereocenters. The zero-order valence-corrected chi connectivity index (χ0v) is 10.8. The summed E-state index contributed by atoms with van der Waals surface area (Å²) in [5.41, 5.74) is 9.35. The van der Waals surface area contributed by atoms with E-state index in [0.717, 1.165) is 17.0 Å². The number of halogens is 1. The van der Waals surface area contributed by atoms with Crippen LogP contribution in [0.1, 0.15) is 30.7 Å². The molecule has 0 saturated heterocycles. The summed E-state index contributed by atoms with van der Waals surface area (Å²) in [7, 11) is 0. The molecule has 0 atom stereocenters. The lowest BCUT2D eigenvalue weighted by molar-refractivity contribution is 0.420. The van der Waals surface area contributed by atoms with E-state index in [-0.39, 0.29) is 0 Å². The van der Waals surface area contributed by atoms with E-state index < -0.39 is 0 Å². The molecule has 0 spiro atoms. The van der Waals surface area contributed by atoms with Crippen molar-refractivity contribution in [2.24, 2.45) is 0 Å². The maximum atomic E-state index is 5.99. The van der Waals surface area contributed by atoms with Gasteiger partial charge in [0.25, 0.3) is 0 Å². The van der Waals surface area contributed by atoms with Crippen molar-refractivity contribution in [1.29, 1.82) is 0 Å². The number of hydrogen-bond acceptors (Lipinski definition) is 2. The fraction of sp³-hybridized carbons (Fsp3) is 0.267. The number of aromatic nitrogens is 1. The van der Waals surface area contributed by atoms with Gasteiger partial charge < -0.3 is 5.73 Å². The van der Waals surface area contributed by atoms with Crippen LogP contribution in [0, 0.1) is 0 Å². The van der Waals surface area contributed by atoms with Gasteiger partial charge in [-0.1, -0.05) is 42.3 Å². The van der Waals surface area contributed by atoms with Gasteiger partial charge in [0.1, 0.15) is 5.82 Å². The first-order chi connectivity index (χ1) is 8.74. The minimum atomic E-state index is 0.533. The monoisotopic (exact) mass is 258 g/mol. The Labute approximate surface area is 112 Å². The van der Waals surface area contributed by atoms with Gasteiger partial charge in [-0.15, -0.1) is 0 Å². The van der Waals surface area contributed by atoms with Crippen molar-refractivity contribution in [2.75, 3.05) is 5.73 Å². The van der Waals surface area contributed by atoms with E-state index >= 15 is 0 Å². The normalized spacial score (nSPS) is 15.4. The number of benzene rings is 1. The Kier molecular flexibility index (Phi) is 2.96. The average molecular weight is 259 g/mol. The van der Waals surface area contributed by atoms with E-state index in [9.17, 15) is 0 Å². The molecule has 1 aliphatic rings. The van der Waals surface area contributed by atoms with Crippen molar-refractivity contribution in [3.8, 4) is 11.1 Å². The van der Waals surface area contributed by atoms with Gasteiger partial charge in [-0.05, 0) is 36.0 Å². The maximum absolute atomic E-state index is 5.99. The van der Waals surface area contributed by atoms with Crippen molar-refractivity contribution < 1.29 is 0 Å². The second kappa shape index (κ2) is 4.62. The SMILES string of the molecule is Nc1ncc(Cl)cc1-c1cccc(C2CCC2)c1. The molecule has 1 fully saturated rings. The van der Waals surface area contributed by atoms with Gasteiger partial charge in [-0.2, -0.15) is 0 Å². The lowest BCUT2D eigenvalue weighted by Crippen LogP contribution is -2.08. The number of nitrogen functional groups attached to an aromatic ring is 1. The molecule has 0 radical (unpaired) electrons. The van der Waals surface area contributed by atoms with Crippen molar-refractivity contribution >= 4 is 17.4 Å². The highest BCUT2D eigenvalue weighted by Gasteiger charge is 2.19. The molecule has 1 heterocycles. The van der Waals surface area contributed by atoms with Crippen molar-refractivity contribution in [3.63, 3.8) is 0 Å². The van der Waals surface area contributed by atoms with Crippen LogP contribution in [0.4, 0.5) is 5.82 Å². The summed E-state index contributed by atoms with van der Waals surface area (Å²) in [5, 5.41) is 0.619. The number of rotatable bonds is 2. The van der Waals surface area contributed by atoms with Crippen molar-refractivity contribution in [3.05, 3.63) is 47.1 Å². The van der Waals surface area contributed by atoms with E-state index in [1.54, 1.807) is 6.20 Å². The second-order valence-electron chi connectivity index (χ2n) is 4.84. The number of pyridine rings is 1. The molecule has 1 saturated carbocycles. The molecule has 0 amide bonds. The van der Waals surface area contributed by atoms with E-state index in [0.29, 0.717) is 10.8 Å². The molecular formula is C15H15ClN2. The largest absolute Gasteiger partial charge is 0.383 e. The lowest BCUT2D eigenvalue weighted by atomic mass is 9.79. The molecule has 92 valence electrons. The van der Waals surface area contributed by atoms with Crippen LogP contribution in [-0.4, -0.2) is 4.98 Å². The molecule has 2 aromatic rings. The van der Waals surface area contributed by atoms with Crippen molar-refractivity contribution in [2.45, 2.75) is 25.2 Å². The lowest BCUT2D eigenvalue weighted by Gasteiger charge is -2.26. The van der Waals surface area contributed by atoms with E-state index in [2.05, 4.69) is 29.2 Å². The molecule has 3 heteroatoms. The van der Waals surface area contributed by atoms with E-state index in [1.165, 1.54) is 24.8 Å². The van der Waals surface area contributed by atoms with Crippen LogP contribution in [0.15, 0.2) is 36.5 Å². The van der Waals surface area contributed by atoms with Crippen LogP contribution in [-0.2, 0) is 0 Å². The third-order valence-corrected chi connectivity index (χ3v) is 3.87. The van der Waals surface area contributed by atoms with Crippen LogP contribution >= 0.6 is 11.6 Å². The molecule has 1 aliphatic carbocycles. The summed E-state index contributed by atoms with van der Waals surface area (Å²) in [6.07, 6.45) is 5.52. The highest BCUT2D eigenvalue weighted by molar-refractivity contribution is 6.30. The Morgan fingerprint density at radius 1 is 1.22 bits per heavy atom. The third-order valence-electron chi connectivity index (χ3n) is 3.66. The van der Waals surface area contributed by atoms with Gasteiger partial charge in [-0.3, -0.25) is 0 Å². The zero-order chi connectivity index (χ0) is 12.5. The molecule has 0 bridgehead atoms. The highest BCUT2D eigenvalue weighted by atomic mass is 35.5. The Morgan fingerprint density at radius 3 is 2.78 bits per heavy atom. The fourth-order valence-corrected chi connectivity index (χ4v) is 2.54. The maximum Gasteiger partial charge on any atom is 0.131 e. The van der Waals surface area contributed by atoms with Crippen LogP contribution in [0.25, 0.3) is 11.1 Å². The first-order valence-electron chi connectivity index (χ1n) is 6.25. The smallest absolute Gasteiger partial charge is 0.131 e. The standard InChI is InChI=1S/C15H15ClN2/c16-13-8-14(15(17)18-9-13)12-6-2-5-11(7-12)10-3-1-4-10/h2,5-10H,1,3-4H2,(H2,17,18). The molecule has 1 aromatic carbocycles. The number of nitrogens with two attached hydrogens (primary N) is 1. The van der Waals surface area contributed by atoms with Crippen molar-refractivity contribution in [1.82, 2.24) is 4.98 Å². The van der Waals surface area contributed by atoms with Gasteiger partial charge in [0, 0.05) is 11.8 Å². The molecule has 3 rings (SSSR count). The molecule has 18 heavy (non-hydrogen) atoms. The zero-order valence-electron chi connectivity index (χ0n) is 10.1. The number of hydrogen-bond donors (Lipinski definition) is 1. The fourth-order valence-electron chi connectivity index (χ4n) is 2.38. The van der Waals surface area contributed by atoms with Gasteiger partial charge in [0.05, 0.1) is 5.02 Å². The van der Waals surface area contributed by atoms with Crippen LogP contribution in [0.2, 0.25) is 5.02 Å². The molecular weight excluding hydrogens is 244 g/mol. The summed E-state index contributed by atoms with van der Waals surface area (Å²) >= 11 is 5.99. The second-order valence-corrected chi connectivity index (χ2v) is 5.28. The average Bonchev–Trinajstić information content (AvgIpc) is 2.30. The summed E-state index contributed by atoms with van der Waals surface area (Å²) in [5.74, 6) is 1.25. The van der Waals surface area contributed by atoms with Gasteiger partial charge in [0.15, 0.2) is 0 Å². The summed E-state index contributed by atoms with van der Waals surface area (Å²) in [6, 6.07) is 10.4. The van der Waals surface area contributed by atoms with E-state index in [1.807, 2.05) is 6.07 Å². The number of anilines is 1. The van der Waals surface area contributed by atoms with Gasteiger partial charge in [-0.25, -0.2) is 4.98 Å². The number of nitrogens with zero attached hydrogens (tertiary/aromatic N) is 1. The minimum Gasteiger partial charge on any atom is -0.383 e. The summed E-state index contributed by atoms with van der Waals surface area (Å²) in [4.78, 5) is 4.11. The highest BCUT2D eigenvalue weighted by Crippen LogP contribution is 2.38. The topological polar surface area (TPSA) is 38.9 Å². The first-order valence-corrected chi connectivity index (χ1v) is 6.63. The molecule has 0 aliphatic heterocycles. The Hall–Kier alpha value is -1.54. The van der Waals surface area contributed by atoms with Gasteiger partial charge in [0.2, 0.25) is 0 Å². The summed E-state index contributed by atoms with van der Waals surface area (Å²) in [6.45, 7) is 0. The van der Waals surface area contributed by atoms with Crippen LogP contribution in [0.3, 0.4) is 0 Å². The Bertz CT molecular complexity index is 576. The van der Waals surface area contributed by atoms with Crippen LogP contribution < -0.4 is 5.73 Å². The van der Waals surface area contributed by atoms with Crippen LogP contribution in [0.5, 0.6) is 0 Å². The quantitative estimate of drug-likeness (QED) is 0.875. The Balaban J connectivity index is 2.02. The third kappa shape index (κ3) is 2.08. The first kappa shape index (κ1) is 11.5.